The highest BCUT2D eigenvalue weighted by Crippen LogP contribution is 2.39. The van der Waals surface area contributed by atoms with E-state index in [-0.39, 0.29) is 17.4 Å². The van der Waals surface area contributed by atoms with E-state index >= 15 is 0 Å². The van der Waals surface area contributed by atoms with Gasteiger partial charge in [-0.2, -0.15) is 0 Å². The lowest BCUT2D eigenvalue weighted by molar-refractivity contribution is -0.152. The number of nitrogens with zero attached hydrogens (tertiary/aromatic N) is 1. The number of ether oxygens (including phenoxy) is 2. The van der Waals surface area contributed by atoms with Crippen LogP contribution in [0, 0.1) is 5.92 Å². The molecule has 1 aromatic heterocycles. The van der Waals surface area contributed by atoms with Crippen molar-refractivity contribution >= 4 is 28.7 Å². The van der Waals surface area contributed by atoms with Crippen molar-refractivity contribution in [1.82, 2.24) is 9.88 Å². The molecule has 1 fully saturated rings. The lowest BCUT2D eigenvalue weighted by Crippen LogP contribution is -2.31. The summed E-state index contributed by atoms with van der Waals surface area (Å²) < 4.78 is 11.2. The Bertz CT molecular complexity index is 1300. The molecule has 3 aromatic rings. The van der Waals surface area contributed by atoms with Crippen molar-refractivity contribution in [2.75, 3.05) is 20.2 Å². The predicted octanol–water partition coefficient (Wildman–Crippen LogP) is 4.89. The summed E-state index contributed by atoms with van der Waals surface area (Å²) in [6.07, 6.45) is 2.78. The fourth-order valence-corrected chi connectivity index (χ4v) is 5.16. The summed E-state index contributed by atoms with van der Waals surface area (Å²) in [5.41, 5.74) is 3.68. The first kappa shape index (κ1) is 25.3. The van der Waals surface area contributed by atoms with Crippen molar-refractivity contribution in [3.63, 3.8) is 0 Å². The van der Waals surface area contributed by atoms with E-state index in [1.807, 2.05) is 43.1 Å². The van der Waals surface area contributed by atoms with Crippen LogP contribution in [0.2, 0.25) is 0 Å². The lowest BCUT2D eigenvalue weighted by Gasteiger charge is -2.24. The average Bonchev–Trinajstić information content (AvgIpc) is 3.45. The molecule has 0 spiro atoms. The molecule has 8 heteroatoms. The summed E-state index contributed by atoms with van der Waals surface area (Å²) in [7, 11) is 1.52. The van der Waals surface area contributed by atoms with E-state index in [0.717, 1.165) is 34.0 Å². The third kappa shape index (κ3) is 4.80. The van der Waals surface area contributed by atoms with E-state index in [2.05, 4.69) is 4.98 Å². The molecule has 0 radical (unpaired) electrons. The van der Waals surface area contributed by atoms with Gasteiger partial charge >= 0.3 is 11.9 Å². The van der Waals surface area contributed by atoms with Gasteiger partial charge in [0.1, 0.15) is 11.9 Å². The van der Waals surface area contributed by atoms with Crippen LogP contribution in [0.1, 0.15) is 72.7 Å². The van der Waals surface area contributed by atoms with Gasteiger partial charge in [-0.15, -0.1) is 0 Å². The first-order valence-corrected chi connectivity index (χ1v) is 12.2. The van der Waals surface area contributed by atoms with Gasteiger partial charge in [-0.1, -0.05) is 26.0 Å². The number of carbonyl (C=O) groups excluding carboxylic acids is 2. The Morgan fingerprint density at radius 3 is 2.64 bits per heavy atom. The van der Waals surface area contributed by atoms with Gasteiger partial charge in [0.2, 0.25) is 5.91 Å². The molecule has 1 aliphatic heterocycles. The molecule has 36 heavy (non-hydrogen) atoms. The Morgan fingerprint density at radius 2 is 1.97 bits per heavy atom. The summed E-state index contributed by atoms with van der Waals surface area (Å²) in [5, 5.41) is 10.3. The average molecular weight is 493 g/mol. The van der Waals surface area contributed by atoms with Crippen LogP contribution in [0.4, 0.5) is 0 Å². The highest BCUT2D eigenvalue weighted by Gasteiger charge is 2.39. The summed E-state index contributed by atoms with van der Waals surface area (Å²) in [6, 6.07) is 10.7. The molecule has 2 heterocycles. The minimum Gasteiger partial charge on any atom is -0.496 e. The van der Waals surface area contributed by atoms with E-state index in [1.54, 1.807) is 12.1 Å². The number of rotatable bonds is 9. The van der Waals surface area contributed by atoms with Crippen LogP contribution in [-0.2, 0) is 14.3 Å². The van der Waals surface area contributed by atoms with E-state index in [9.17, 15) is 19.5 Å². The number of carbonyl (C=O) groups is 3. The number of aromatic amines is 1. The second-order valence-electron chi connectivity index (χ2n) is 9.28. The third-order valence-electron chi connectivity index (χ3n) is 6.97. The number of esters is 1. The smallest absolute Gasteiger partial charge is 0.335 e. The maximum atomic E-state index is 13.1. The highest BCUT2D eigenvalue weighted by molar-refractivity contribution is 5.89. The van der Waals surface area contributed by atoms with Crippen molar-refractivity contribution in [3.8, 4) is 5.75 Å². The third-order valence-corrected chi connectivity index (χ3v) is 6.97. The Balaban J connectivity index is 1.73. The van der Waals surface area contributed by atoms with E-state index < -0.39 is 24.0 Å². The second kappa shape index (κ2) is 10.4. The van der Waals surface area contributed by atoms with Gasteiger partial charge in [0.15, 0.2) is 0 Å². The standard InChI is InChI=1S/C28H32N2O6/c1-5-11-30-12-10-21(27(30)32)26(36-17(3)31)18-7-9-24-22(13-18)23(15-29-24)16(2)20-8-6-19(28(33)34)14-25(20)35-4/h6-9,13-16,21,26,29H,5,10-12H2,1-4H3,(H,33,34). The number of methoxy groups -OCH3 is 1. The maximum absolute atomic E-state index is 13.1. The summed E-state index contributed by atoms with van der Waals surface area (Å²) in [5.74, 6) is -1.45. The van der Waals surface area contributed by atoms with Crippen molar-refractivity contribution in [2.24, 2.45) is 5.92 Å². The molecule has 8 nitrogen and oxygen atoms in total. The predicted molar refractivity (Wildman–Crippen MR) is 135 cm³/mol. The normalized spacial score (nSPS) is 17.3. The monoisotopic (exact) mass is 492 g/mol. The van der Waals surface area contributed by atoms with Crippen molar-refractivity contribution < 1.29 is 29.0 Å². The fraction of sp³-hybridized carbons (Fsp3) is 0.393. The van der Waals surface area contributed by atoms with Crippen LogP contribution in [0.25, 0.3) is 10.9 Å². The molecule has 0 bridgehead atoms. The number of carboxylic acids is 1. The summed E-state index contributed by atoms with van der Waals surface area (Å²) in [4.78, 5) is 41.6. The highest BCUT2D eigenvalue weighted by atomic mass is 16.5. The first-order chi connectivity index (χ1) is 17.2. The molecule has 2 aromatic carbocycles. The number of fused-ring (bicyclic) bond motifs is 1. The maximum Gasteiger partial charge on any atom is 0.335 e. The minimum atomic E-state index is -1.01. The van der Waals surface area contributed by atoms with Gasteiger partial charge in [0.05, 0.1) is 18.6 Å². The van der Waals surface area contributed by atoms with Crippen molar-refractivity contribution in [2.45, 2.75) is 45.6 Å². The van der Waals surface area contributed by atoms with Crippen LogP contribution in [0.15, 0.2) is 42.6 Å². The van der Waals surface area contributed by atoms with E-state index in [1.165, 1.54) is 20.1 Å². The topological polar surface area (TPSA) is 109 Å². The van der Waals surface area contributed by atoms with Gasteiger partial charge < -0.3 is 24.5 Å². The van der Waals surface area contributed by atoms with Crippen molar-refractivity contribution in [1.29, 1.82) is 0 Å². The summed E-state index contributed by atoms with van der Waals surface area (Å²) in [6.45, 7) is 6.79. The molecule has 0 saturated carbocycles. The fourth-order valence-electron chi connectivity index (χ4n) is 5.16. The quantitative estimate of drug-likeness (QED) is 0.412. The number of nitrogens with one attached hydrogen (secondary N) is 1. The Hall–Kier alpha value is -3.81. The van der Waals surface area contributed by atoms with Crippen molar-refractivity contribution in [3.05, 3.63) is 64.8 Å². The number of H-pyrrole nitrogens is 1. The number of hydrogen-bond donors (Lipinski definition) is 2. The zero-order chi connectivity index (χ0) is 26.0. The molecule has 1 amide bonds. The Kier molecular flexibility index (Phi) is 7.33. The van der Waals surface area contributed by atoms with Crippen LogP contribution in [0.3, 0.4) is 0 Å². The van der Waals surface area contributed by atoms with Gasteiger partial charge in [-0.05, 0) is 48.2 Å². The van der Waals surface area contributed by atoms with Crippen LogP contribution in [-0.4, -0.2) is 53.0 Å². The van der Waals surface area contributed by atoms with Gasteiger partial charge in [-0.3, -0.25) is 9.59 Å². The number of benzene rings is 2. The summed E-state index contributed by atoms with van der Waals surface area (Å²) >= 11 is 0. The molecule has 190 valence electrons. The van der Waals surface area contributed by atoms with E-state index in [0.29, 0.717) is 25.3 Å². The molecule has 2 N–H and O–H groups in total. The number of amides is 1. The molecule has 1 saturated heterocycles. The van der Waals surface area contributed by atoms with Crippen LogP contribution >= 0.6 is 0 Å². The lowest BCUT2D eigenvalue weighted by atomic mass is 9.89. The van der Waals surface area contributed by atoms with Crippen LogP contribution in [0.5, 0.6) is 5.75 Å². The molecule has 4 rings (SSSR count). The number of carboxylic acid groups (broad SMARTS) is 1. The number of hydrogen-bond acceptors (Lipinski definition) is 5. The van der Waals surface area contributed by atoms with Crippen LogP contribution < -0.4 is 4.74 Å². The number of aromatic carboxylic acids is 1. The SMILES string of the molecule is CCCN1CCC(C(OC(C)=O)c2ccc3[nH]cc(C(C)c4ccc(C(=O)O)cc4OC)c3c2)C1=O. The van der Waals surface area contributed by atoms with Gasteiger partial charge in [0, 0.05) is 48.6 Å². The molecular formula is C28H32N2O6. The molecule has 3 atom stereocenters. The van der Waals surface area contributed by atoms with Gasteiger partial charge in [-0.25, -0.2) is 4.79 Å². The number of likely N-dealkylation sites (tertiary alicyclic amines) is 1. The number of aromatic nitrogens is 1. The largest absolute Gasteiger partial charge is 0.496 e. The Labute approximate surface area is 210 Å². The zero-order valence-corrected chi connectivity index (χ0v) is 21.0. The Morgan fingerprint density at radius 1 is 1.19 bits per heavy atom. The second-order valence-corrected chi connectivity index (χ2v) is 9.28. The van der Waals surface area contributed by atoms with E-state index in [4.69, 9.17) is 9.47 Å². The molecule has 1 aliphatic rings. The molecule has 3 unspecified atom stereocenters. The zero-order valence-electron chi connectivity index (χ0n) is 21.0. The minimum absolute atomic E-state index is 0.0223. The first-order valence-electron chi connectivity index (χ1n) is 12.2. The van der Waals surface area contributed by atoms with Gasteiger partial charge in [0.25, 0.3) is 0 Å². The molecular weight excluding hydrogens is 460 g/mol. The molecule has 0 aliphatic carbocycles.